The molecule has 15 heteroatoms. The highest BCUT2D eigenvalue weighted by atomic mass is 16.2. The van der Waals surface area contributed by atoms with E-state index in [1.807, 2.05) is 42.5 Å². The van der Waals surface area contributed by atoms with Crippen LogP contribution in [0.4, 0.5) is 28.4 Å². The maximum atomic E-state index is 11.7. The molecular weight excluding hydrogens is 915 g/mol. The fourth-order valence-electron chi connectivity index (χ4n) is 6.77. The summed E-state index contributed by atoms with van der Waals surface area (Å²) in [5.41, 5.74) is 4.93. The number of rotatable bonds is 7. The van der Waals surface area contributed by atoms with Crippen molar-refractivity contribution in [1.82, 2.24) is 0 Å². The first kappa shape index (κ1) is 53.5. The molecule has 15 nitrogen and oxygen atoms in total. The molecule has 0 aliphatic carbocycles. The average Bonchev–Trinajstić information content (AvgIpc) is 4.19. The minimum Gasteiger partial charge on any atom is -0.269 e. The number of anilines is 5. The topological polar surface area (TPSA) is 187 Å². The Morgan fingerprint density at radius 2 is 0.389 bits per heavy atom. The summed E-state index contributed by atoms with van der Waals surface area (Å²) in [4.78, 5) is 120. The molecule has 5 aliphatic heterocycles. The fraction of sp³-hybridized carbons (Fsp3) is 0.123. The summed E-state index contributed by atoms with van der Waals surface area (Å²) in [6.45, 7) is 8.50. The van der Waals surface area contributed by atoms with Gasteiger partial charge in [0.15, 0.2) is 0 Å². The first-order valence-electron chi connectivity index (χ1n) is 22.9. The summed E-state index contributed by atoms with van der Waals surface area (Å²) in [6, 6.07) is 41.0. The second-order valence-electron chi connectivity index (χ2n) is 15.7. The summed E-state index contributed by atoms with van der Waals surface area (Å²) < 4.78 is 0. The molecule has 0 atom stereocenters. The van der Waals surface area contributed by atoms with E-state index in [-0.39, 0.29) is 59.1 Å². The van der Waals surface area contributed by atoms with Gasteiger partial charge < -0.3 is 0 Å². The van der Waals surface area contributed by atoms with Crippen molar-refractivity contribution in [3.8, 4) is 0 Å². The van der Waals surface area contributed by atoms with Gasteiger partial charge in [-0.05, 0) is 78.2 Å². The molecule has 0 N–H and O–H groups in total. The minimum absolute atomic E-state index is 0.281. The Kier molecular flexibility index (Phi) is 19.5. The van der Waals surface area contributed by atoms with Crippen LogP contribution >= 0.6 is 0 Å². The van der Waals surface area contributed by atoms with Gasteiger partial charge >= 0.3 is 0 Å². The van der Waals surface area contributed by atoms with Gasteiger partial charge in [0.1, 0.15) is 0 Å². The Morgan fingerprint density at radius 3 is 0.556 bits per heavy atom. The van der Waals surface area contributed by atoms with Crippen LogP contribution < -0.4 is 24.5 Å². The highest BCUT2D eigenvalue weighted by Gasteiger charge is 2.28. The summed E-state index contributed by atoms with van der Waals surface area (Å²) in [5.74, 6) is -3.06. The van der Waals surface area contributed by atoms with Gasteiger partial charge in [-0.15, -0.1) is 0 Å². The Hall–Kier alpha value is -9.50. The molecule has 5 aromatic carbocycles. The summed E-state index contributed by atoms with van der Waals surface area (Å²) in [5, 5.41) is 0. The molecule has 0 unspecified atom stereocenters. The second-order valence-corrected chi connectivity index (χ2v) is 15.7. The Morgan fingerprint density at radius 1 is 0.236 bits per heavy atom. The predicted molar refractivity (Wildman–Crippen MR) is 275 cm³/mol. The molecule has 72 heavy (non-hydrogen) atoms. The van der Waals surface area contributed by atoms with Gasteiger partial charge in [0.05, 0.1) is 28.4 Å². The van der Waals surface area contributed by atoms with Crippen LogP contribution in [0.15, 0.2) is 200 Å². The number of carbonyl (C=O) groups is 10. The molecule has 5 aromatic rings. The zero-order chi connectivity index (χ0) is 52.2. The van der Waals surface area contributed by atoms with Gasteiger partial charge in [-0.25, -0.2) is 24.5 Å². The van der Waals surface area contributed by atoms with Gasteiger partial charge in [-0.1, -0.05) is 119 Å². The van der Waals surface area contributed by atoms with Crippen molar-refractivity contribution < 1.29 is 47.9 Å². The van der Waals surface area contributed by atoms with Crippen LogP contribution in [-0.2, 0) is 54.4 Å². The van der Waals surface area contributed by atoms with Crippen LogP contribution in [0.3, 0.4) is 0 Å². The number of para-hydroxylation sites is 3. The molecule has 5 aliphatic rings. The van der Waals surface area contributed by atoms with Crippen LogP contribution in [0.25, 0.3) is 0 Å². The van der Waals surface area contributed by atoms with E-state index >= 15 is 0 Å². The highest BCUT2D eigenvalue weighted by molar-refractivity contribution is 6.30. The lowest BCUT2D eigenvalue weighted by Crippen LogP contribution is -2.29. The third-order valence-electron chi connectivity index (χ3n) is 9.89. The number of benzene rings is 5. The van der Waals surface area contributed by atoms with Gasteiger partial charge in [0.2, 0.25) is 0 Å². The molecule has 0 bridgehead atoms. The van der Waals surface area contributed by atoms with Crippen LogP contribution in [0, 0.1) is 0 Å². The number of hydrogen-bond donors (Lipinski definition) is 0. The van der Waals surface area contributed by atoms with E-state index in [1.54, 1.807) is 97.1 Å². The first-order chi connectivity index (χ1) is 34.7. The smallest absolute Gasteiger partial charge is 0.258 e. The number of hydrogen-bond acceptors (Lipinski definition) is 10. The second kappa shape index (κ2) is 26.3. The summed E-state index contributed by atoms with van der Waals surface area (Å²) in [7, 11) is 0. The van der Waals surface area contributed by atoms with Gasteiger partial charge in [0, 0.05) is 60.8 Å². The number of imide groups is 5. The maximum Gasteiger partial charge on any atom is 0.258 e. The molecule has 364 valence electrons. The molecule has 0 saturated heterocycles. The van der Waals surface area contributed by atoms with Crippen molar-refractivity contribution in [3.63, 3.8) is 0 Å². The van der Waals surface area contributed by atoms with Crippen LogP contribution in [0.2, 0.25) is 0 Å². The Labute approximate surface area is 416 Å². The number of nitrogens with zero attached hydrogens (tertiary/aromatic N) is 5. The third-order valence-corrected chi connectivity index (χ3v) is 9.89. The van der Waals surface area contributed by atoms with Gasteiger partial charge in [0.25, 0.3) is 59.1 Å². The Balaban J connectivity index is 0.000000182. The SMILES string of the molecule is CCC.CCC.O=C1C=CC(=O)N1c1ccc(Cc2ccc(N3C(=O)C=CC3=O)cc2)cc1.O=C1C=CC(=O)N1c1ccccc1.O=C1C=CC(=O)N1c1ccccc1.O=C1C=CC(=O)N1c1ccccc1. The normalized spacial score (nSPS) is 15.0. The molecule has 5 heterocycles. The minimum atomic E-state index is -0.344. The molecule has 0 saturated carbocycles. The van der Waals surface area contributed by atoms with Gasteiger partial charge in [-0.3, -0.25) is 47.9 Å². The maximum absolute atomic E-state index is 11.7. The third kappa shape index (κ3) is 14.0. The summed E-state index contributed by atoms with van der Waals surface area (Å²) >= 11 is 0. The lowest BCUT2D eigenvalue weighted by molar-refractivity contribution is -0.121. The molecule has 0 aromatic heterocycles. The van der Waals surface area contributed by atoms with Gasteiger partial charge in [-0.2, -0.15) is 0 Å². The quantitative estimate of drug-likeness (QED) is 0.144. The predicted octanol–water partition coefficient (Wildman–Crippen LogP) is 8.32. The van der Waals surface area contributed by atoms with Crippen LogP contribution in [0.1, 0.15) is 51.7 Å². The van der Waals surface area contributed by atoms with Crippen molar-refractivity contribution >= 4 is 87.5 Å². The van der Waals surface area contributed by atoms with Crippen LogP contribution in [0.5, 0.6) is 0 Å². The molecule has 10 amide bonds. The highest BCUT2D eigenvalue weighted by Crippen LogP contribution is 2.24. The fourth-order valence-corrected chi connectivity index (χ4v) is 6.77. The van der Waals surface area contributed by atoms with Crippen molar-refractivity contribution in [2.24, 2.45) is 0 Å². The van der Waals surface area contributed by atoms with E-state index in [2.05, 4.69) is 27.7 Å². The molecule has 0 radical (unpaired) electrons. The van der Waals surface area contributed by atoms with Crippen molar-refractivity contribution in [3.05, 3.63) is 211 Å². The van der Waals surface area contributed by atoms with Crippen molar-refractivity contribution in [1.29, 1.82) is 0 Å². The monoisotopic (exact) mass is 965 g/mol. The lowest BCUT2D eigenvalue weighted by atomic mass is 10.0. The van der Waals surface area contributed by atoms with Crippen molar-refractivity contribution in [2.75, 3.05) is 24.5 Å². The zero-order valence-corrected chi connectivity index (χ0v) is 40.0. The lowest BCUT2D eigenvalue weighted by Gasteiger charge is -2.15. The number of amides is 10. The average molecular weight is 966 g/mol. The largest absolute Gasteiger partial charge is 0.269 e. The standard InChI is InChI=1S/C21H14N2O4.3C10H7NO2.2C3H8/c24-18-9-10-19(25)22(18)16-5-1-14(2-6-16)13-15-3-7-17(8-4-15)23-20(26)11-12-21(23)27;3*12-9-6-7-10(13)11(9)8-4-2-1-3-5-8;2*1-3-2/h1-12H,13H2;3*1-7H;2*3H2,1-2H3. The number of carbonyl (C=O) groups excluding carboxylic acids is 10. The zero-order valence-electron chi connectivity index (χ0n) is 40.0. The van der Waals surface area contributed by atoms with E-state index in [9.17, 15) is 47.9 Å². The molecule has 10 rings (SSSR count). The molecule has 0 fully saturated rings. The van der Waals surface area contributed by atoms with Crippen molar-refractivity contribution in [2.45, 2.75) is 47.0 Å². The van der Waals surface area contributed by atoms with E-state index in [0.29, 0.717) is 34.9 Å². The summed E-state index contributed by atoms with van der Waals surface area (Å²) in [6.07, 6.45) is 15.8. The Bertz CT molecular complexity index is 2600. The van der Waals surface area contributed by atoms with E-state index in [1.165, 1.54) is 73.6 Å². The molecule has 0 spiro atoms. The first-order valence-corrected chi connectivity index (χ1v) is 22.9. The van der Waals surface area contributed by atoms with E-state index < -0.39 is 0 Å². The van der Waals surface area contributed by atoms with Crippen LogP contribution in [-0.4, -0.2) is 59.1 Å². The van der Waals surface area contributed by atoms with E-state index in [0.717, 1.165) is 35.6 Å². The molecular formula is C57H51N5O10. The van der Waals surface area contributed by atoms with E-state index in [4.69, 9.17) is 0 Å².